The lowest BCUT2D eigenvalue weighted by Gasteiger charge is -2.08. The number of allylic oxidation sites excluding steroid dienone is 1. The zero-order valence-corrected chi connectivity index (χ0v) is 15.0. The zero-order chi connectivity index (χ0) is 18.0. The third-order valence-electron chi connectivity index (χ3n) is 3.70. The minimum atomic E-state index is -0.594. The molecule has 0 bridgehead atoms. The largest absolute Gasteiger partial charge is 0.497 e. The molecule has 3 rings (SSSR count). The molecule has 4 nitrogen and oxygen atoms in total. The number of hydrogen-bond donors (Lipinski definition) is 0. The van der Waals surface area contributed by atoms with E-state index < -0.39 is 5.97 Å². The Bertz CT molecular complexity index is 883. The molecular weight excluding hydrogens is 363 g/mol. The molecule has 2 aromatic carbocycles. The molecule has 0 aliphatic carbocycles. The maximum absolute atomic E-state index is 11.9. The number of hydrogen-bond acceptors (Lipinski definition) is 4. The molecule has 0 unspecified atom stereocenters. The van der Waals surface area contributed by atoms with Crippen LogP contribution < -0.4 is 9.47 Å². The van der Waals surface area contributed by atoms with Crippen LogP contribution in [0.4, 0.5) is 0 Å². The van der Waals surface area contributed by atoms with E-state index in [0.717, 1.165) is 11.3 Å². The van der Waals surface area contributed by atoms with Gasteiger partial charge < -0.3 is 14.2 Å². The van der Waals surface area contributed by atoms with Crippen LogP contribution in [-0.2, 0) is 9.53 Å². The van der Waals surface area contributed by atoms with Crippen LogP contribution in [0, 0.1) is 0 Å². The second kappa shape index (κ2) is 7.21. The van der Waals surface area contributed by atoms with E-state index in [1.165, 1.54) is 7.11 Å². The van der Waals surface area contributed by atoms with Crippen molar-refractivity contribution in [2.45, 2.75) is 0 Å². The molecule has 1 aliphatic heterocycles. The monoisotopic (exact) mass is 376 g/mol. The third kappa shape index (κ3) is 3.50. The molecular formula is C19H14Cl2O4. The zero-order valence-electron chi connectivity index (χ0n) is 13.5. The number of rotatable bonds is 4. The fourth-order valence-electron chi connectivity index (χ4n) is 2.45. The second-order valence-electron chi connectivity index (χ2n) is 5.21. The predicted molar refractivity (Wildman–Crippen MR) is 97.8 cm³/mol. The number of methoxy groups -OCH3 is 2. The Balaban J connectivity index is 2.03. The highest BCUT2D eigenvalue weighted by atomic mass is 35.5. The van der Waals surface area contributed by atoms with E-state index in [2.05, 4.69) is 0 Å². The molecule has 1 heterocycles. The summed E-state index contributed by atoms with van der Waals surface area (Å²) in [5.41, 5.74) is 2.00. The fraction of sp³-hybridized carbons (Fsp3) is 0.105. The molecule has 0 saturated heterocycles. The SMILES string of the molecule is COc1ccc(/C=C2\OC(=O)C(Cl)=C2c2ccc(OC)c(Cl)c2)cc1. The van der Waals surface area contributed by atoms with Gasteiger partial charge in [-0.3, -0.25) is 0 Å². The Labute approximate surface area is 155 Å². The maximum Gasteiger partial charge on any atom is 0.355 e. The summed E-state index contributed by atoms with van der Waals surface area (Å²) in [6.07, 6.45) is 1.74. The highest BCUT2D eigenvalue weighted by molar-refractivity contribution is 6.46. The van der Waals surface area contributed by atoms with Crippen LogP contribution in [0.2, 0.25) is 5.02 Å². The van der Waals surface area contributed by atoms with Crippen LogP contribution >= 0.6 is 23.2 Å². The van der Waals surface area contributed by atoms with Gasteiger partial charge in [0.1, 0.15) is 22.3 Å². The molecule has 6 heteroatoms. The minimum absolute atomic E-state index is 0.0148. The lowest BCUT2D eigenvalue weighted by atomic mass is 10.0. The van der Waals surface area contributed by atoms with Gasteiger partial charge >= 0.3 is 5.97 Å². The van der Waals surface area contributed by atoms with Gasteiger partial charge in [0, 0.05) is 0 Å². The van der Waals surface area contributed by atoms with Gasteiger partial charge in [-0.15, -0.1) is 0 Å². The Morgan fingerprint density at radius 3 is 2.32 bits per heavy atom. The molecule has 0 aromatic heterocycles. The van der Waals surface area contributed by atoms with Gasteiger partial charge in [-0.05, 0) is 41.5 Å². The molecule has 0 spiro atoms. The van der Waals surface area contributed by atoms with Crippen molar-refractivity contribution in [3.05, 3.63) is 69.4 Å². The first-order valence-corrected chi connectivity index (χ1v) is 8.11. The number of ether oxygens (including phenoxy) is 3. The molecule has 1 aliphatic rings. The quantitative estimate of drug-likeness (QED) is 0.711. The van der Waals surface area contributed by atoms with Crippen LogP contribution in [0.25, 0.3) is 11.6 Å². The van der Waals surface area contributed by atoms with Crippen LogP contribution in [0.1, 0.15) is 11.1 Å². The minimum Gasteiger partial charge on any atom is -0.497 e. The number of halogens is 2. The van der Waals surface area contributed by atoms with Gasteiger partial charge in [-0.2, -0.15) is 0 Å². The van der Waals surface area contributed by atoms with E-state index in [9.17, 15) is 4.79 Å². The van der Waals surface area contributed by atoms with E-state index in [-0.39, 0.29) is 5.03 Å². The molecule has 25 heavy (non-hydrogen) atoms. The Morgan fingerprint density at radius 2 is 1.72 bits per heavy atom. The smallest absolute Gasteiger partial charge is 0.355 e. The van der Waals surface area contributed by atoms with E-state index in [4.69, 9.17) is 37.4 Å². The Kier molecular flexibility index (Phi) is 5.02. The van der Waals surface area contributed by atoms with Crippen molar-refractivity contribution in [2.75, 3.05) is 14.2 Å². The molecule has 0 N–H and O–H groups in total. The molecule has 0 radical (unpaired) electrons. The summed E-state index contributed by atoms with van der Waals surface area (Å²) in [4.78, 5) is 11.9. The van der Waals surface area contributed by atoms with Gasteiger partial charge in [0.25, 0.3) is 0 Å². The summed E-state index contributed by atoms with van der Waals surface area (Å²) in [7, 11) is 3.13. The molecule has 0 amide bonds. The highest BCUT2D eigenvalue weighted by Gasteiger charge is 2.30. The number of benzene rings is 2. The first-order chi connectivity index (χ1) is 12.0. The summed E-state index contributed by atoms with van der Waals surface area (Å²) in [6.45, 7) is 0. The van der Waals surface area contributed by atoms with Crippen LogP contribution in [-0.4, -0.2) is 20.2 Å². The van der Waals surface area contributed by atoms with Crippen molar-refractivity contribution in [3.8, 4) is 11.5 Å². The van der Waals surface area contributed by atoms with Crippen LogP contribution in [0.3, 0.4) is 0 Å². The standard InChI is InChI=1S/C19H14Cl2O4/c1-23-13-6-3-11(4-7-13)9-16-17(18(21)19(22)25-16)12-5-8-15(24-2)14(20)10-12/h3-10H,1-2H3/b16-9-. The molecule has 0 saturated carbocycles. The van der Waals surface area contributed by atoms with E-state index in [0.29, 0.717) is 27.7 Å². The number of esters is 1. The fourth-order valence-corrected chi connectivity index (χ4v) is 2.95. The van der Waals surface area contributed by atoms with Gasteiger partial charge in [-0.1, -0.05) is 41.4 Å². The summed E-state index contributed by atoms with van der Waals surface area (Å²) < 4.78 is 15.6. The average Bonchev–Trinajstić information content (AvgIpc) is 2.89. The Hall–Kier alpha value is -2.43. The Morgan fingerprint density at radius 1 is 1.00 bits per heavy atom. The maximum atomic E-state index is 11.9. The van der Waals surface area contributed by atoms with Crippen LogP contribution in [0.15, 0.2) is 53.3 Å². The van der Waals surface area contributed by atoms with Crippen molar-refractivity contribution in [1.82, 2.24) is 0 Å². The molecule has 128 valence electrons. The van der Waals surface area contributed by atoms with Crippen molar-refractivity contribution in [3.63, 3.8) is 0 Å². The van der Waals surface area contributed by atoms with Gasteiger partial charge in [-0.25, -0.2) is 4.79 Å². The van der Waals surface area contributed by atoms with Crippen molar-refractivity contribution < 1.29 is 19.0 Å². The van der Waals surface area contributed by atoms with Crippen molar-refractivity contribution >= 4 is 40.8 Å². The average molecular weight is 377 g/mol. The van der Waals surface area contributed by atoms with E-state index >= 15 is 0 Å². The second-order valence-corrected chi connectivity index (χ2v) is 5.99. The highest BCUT2D eigenvalue weighted by Crippen LogP contribution is 2.39. The number of cyclic esters (lactones) is 1. The lowest BCUT2D eigenvalue weighted by Crippen LogP contribution is -1.93. The third-order valence-corrected chi connectivity index (χ3v) is 4.34. The van der Waals surface area contributed by atoms with Gasteiger partial charge in [0.05, 0.1) is 24.8 Å². The lowest BCUT2D eigenvalue weighted by molar-refractivity contribution is -0.132. The van der Waals surface area contributed by atoms with Gasteiger partial charge in [0.2, 0.25) is 0 Å². The first-order valence-electron chi connectivity index (χ1n) is 7.35. The summed E-state index contributed by atoms with van der Waals surface area (Å²) in [5.74, 6) is 1.04. The molecule has 0 fully saturated rings. The topological polar surface area (TPSA) is 44.8 Å². The number of carbonyl (C=O) groups is 1. The summed E-state index contributed by atoms with van der Waals surface area (Å²) in [6, 6.07) is 12.5. The first kappa shape index (κ1) is 17.4. The molecule has 0 atom stereocenters. The predicted octanol–water partition coefficient (Wildman–Crippen LogP) is 4.91. The van der Waals surface area contributed by atoms with E-state index in [1.54, 1.807) is 31.4 Å². The van der Waals surface area contributed by atoms with Crippen molar-refractivity contribution in [1.29, 1.82) is 0 Å². The summed E-state index contributed by atoms with van der Waals surface area (Å²) in [5, 5.41) is 0.432. The normalized spacial score (nSPS) is 15.5. The van der Waals surface area contributed by atoms with Crippen molar-refractivity contribution in [2.24, 2.45) is 0 Å². The number of carbonyl (C=O) groups excluding carboxylic acids is 1. The molecule has 2 aromatic rings. The summed E-state index contributed by atoms with van der Waals surface area (Å²) >= 11 is 12.4. The van der Waals surface area contributed by atoms with E-state index in [1.807, 2.05) is 24.3 Å². The van der Waals surface area contributed by atoms with Gasteiger partial charge in [0.15, 0.2) is 0 Å². The van der Waals surface area contributed by atoms with Crippen LogP contribution in [0.5, 0.6) is 11.5 Å².